The number of hydrogen-bond donors (Lipinski definition) is 2. The Kier molecular flexibility index (Phi) is 3.95. The zero-order valence-electron chi connectivity index (χ0n) is 10.6. The lowest BCUT2D eigenvalue weighted by molar-refractivity contribution is -0.0510. The molecule has 0 radical (unpaired) electrons. The first-order valence-electron chi connectivity index (χ1n) is 5.84. The molecule has 0 aromatic heterocycles. The molecule has 1 aliphatic carbocycles. The van der Waals surface area contributed by atoms with Crippen LogP contribution in [-0.4, -0.2) is 24.4 Å². The molecule has 18 heavy (non-hydrogen) atoms. The van der Waals surface area contributed by atoms with E-state index in [1.807, 2.05) is 12.1 Å². The van der Waals surface area contributed by atoms with Crippen molar-refractivity contribution in [3.8, 4) is 5.75 Å². The zero-order valence-corrected chi connectivity index (χ0v) is 13.8. The third-order valence-corrected chi connectivity index (χ3v) is 5.06. The highest BCUT2D eigenvalue weighted by Gasteiger charge is 2.47. The van der Waals surface area contributed by atoms with Crippen molar-refractivity contribution < 1.29 is 9.84 Å². The molecule has 0 aliphatic heterocycles. The van der Waals surface area contributed by atoms with Crippen LogP contribution in [0.4, 0.5) is 5.69 Å². The lowest BCUT2D eigenvalue weighted by Gasteiger charge is -2.50. The molecular formula is C13H17Br2NO2. The molecule has 1 fully saturated rings. The number of rotatable bonds is 3. The maximum atomic E-state index is 9.75. The highest BCUT2D eigenvalue weighted by molar-refractivity contribution is 9.11. The fourth-order valence-electron chi connectivity index (χ4n) is 2.13. The molecule has 0 saturated heterocycles. The van der Waals surface area contributed by atoms with Gasteiger partial charge < -0.3 is 15.2 Å². The van der Waals surface area contributed by atoms with E-state index in [1.165, 1.54) is 0 Å². The third-order valence-electron chi connectivity index (χ3n) is 3.79. The summed E-state index contributed by atoms with van der Waals surface area (Å²) in [5.41, 5.74) is 0.889. The van der Waals surface area contributed by atoms with Crippen LogP contribution in [0.15, 0.2) is 21.1 Å². The number of aliphatic hydroxyl groups excluding tert-OH is 1. The van der Waals surface area contributed by atoms with E-state index in [4.69, 9.17) is 4.74 Å². The van der Waals surface area contributed by atoms with Crippen molar-refractivity contribution in [2.75, 3.05) is 12.4 Å². The number of nitrogens with one attached hydrogen (secondary N) is 1. The van der Waals surface area contributed by atoms with Crippen LogP contribution < -0.4 is 10.1 Å². The van der Waals surface area contributed by atoms with Gasteiger partial charge in [0.15, 0.2) is 0 Å². The van der Waals surface area contributed by atoms with Gasteiger partial charge in [-0.25, -0.2) is 0 Å². The number of halogens is 2. The highest BCUT2D eigenvalue weighted by atomic mass is 79.9. The second kappa shape index (κ2) is 5.02. The maximum absolute atomic E-state index is 9.75. The second-order valence-corrected chi connectivity index (χ2v) is 6.95. The number of aliphatic hydroxyl groups is 1. The van der Waals surface area contributed by atoms with Crippen LogP contribution in [-0.2, 0) is 0 Å². The van der Waals surface area contributed by atoms with E-state index >= 15 is 0 Å². The van der Waals surface area contributed by atoms with Gasteiger partial charge in [-0.2, -0.15) is 0 Å². The molecule has 0 heterocycles. The van der Waals surface area contributed by atoms with Gasteiger partial charge in [0.2, 0.25) is 0 Å². The summed E-state index contributed by atoms with van der Waals surface area (Å²) in [6.07, 6.45) is 0.545. The van der Waals surface area contributed by atoms with Gasteiger partial charge in [-0.15, -0.1) is 0 Å². The van der Waals surface area contributed by atoms with Crippen LogP contribution >= 0.6 is 31.9 Å². The van der Waals surface area contributed by atoms with E-state index in [1.54, 1.807) is 7.11 Å². The number of benzene rings is 1. The molecule has 2 rings (SSSR count). The van der Waals surface area contributed by atoms with Gasteiger partial charge in [0, 0.05) is 22.0 Å². The first-order valence-corrected chi connectivity index (χ1v) is 7.42. The number of anilines is 1. The third kappa shape index (κ3) is 2.40. The summed E-state index contributed by atoms with van der Waals surface area (Å²) in [5, 5.41) is 13.2. The largest absolute Gasteiger partial charge is 0.495 e. The Morgan fingerprint density at radius 2 is 2.00 bits per heavy atom. The molecule has 1 aliphatic rings. The molecule has 1 aromatic carbocycles. The van der Waals surface area contributed by atoms with Gasteiger partial charge >= 0.3 is 0 Å². The average molecular weight is 379 g/mol. The van der Waals surface area contributed by atoms with Gasteiger partial charge in [-0.1, -0.05) is 13.8 Å². The Labute approximate surface area is 124 Å². The highest BCUT2D eigenvalue weighted by Crippen LogP contribution is 2.44. The standard InChI is InChI=1S/C13H17Br2NO2/c1-13(2)11(6-12(13)17)16-9-5-10(18-3)8(15)4-7(9)14/h4-5,11-12,16-17H,6H2,1-3H3. The Morgan fingerprint density at radius 3 is 2.50 bits per heavy atom. The lowest BCUT2D eigenvalue weighted by atomic mass is 9.64. The fraction of sp³-hybridized carbons (Fsp3) is 0.538. The normalized spacial score (nSPS) is 25.4. The van der Waals surface area contributed by atoms with Crippen molar-refractivity contribution in [3.05, 3.63) is 21.1 Å². The summed E-state index contributed by atoms with van der Waals surface area (Å²) in [6.45, 7) is 4.14. The van der Waals surface area contributed by atoms with Crippen molar-refractivity contribution in [1.29, 1.82) is 0 Å². The van der Waals surface area contributed by atoms with Crippen molar-refractivity contribution in [2.45, 2.75) is 32.4 Å². The Hall–Kier alpha value is -0.260. The molecular weight excluding hydrogens is 362 g/mol. The predicted octanol–water partition coefficient (Wildman–Crippen LogP) is 3.79. The number of ether oxygens (including phenoxy) is 1. The molecule has 1 saturated carbocycles. The summed E-state index contributed by atoms with van der Waals surface area (Å²) in [6, 6.07) is 4.19. The molecule has 2 N–H and O–H groups in total. The Bertz CT molecular complexity index is 463. The van der Waals surface area contributed by atoms with Crippen LogP contribution in [0.5, 0.6) is 5.75 Å². The van der Waals surface area contributed by atoms with Crippen LogP contribution in [0.25, 0.3) is 0 Å². The monoisotopic (exact) mass is 377 g/mol. The minimum Gasteiger partial charge on any atom is -0.495 e. The summed E-state index contributed by atoms with van der Waals surface area (Å²) in [7, 11) is 1.65. The van der Waals surface area contributed by atoms with Crippen LogP contribution in [0.3, 0.4) is 0 Å². The minimum atomic E-state index is -0.230. The summed E-state index contributed by atoms with van der Waals surface area (Å²) >= 11 is 6.98. The number of hydrogen-bond acceptors (Lipinski definition) is 3. The van der Waals surface area contributed by atoms with Crippen molar-refractivity contribution in [1.82, 2.24) is 0 Å². The molecule has 0 amide bonds. The molecule has 1 aromatic rings. The van der Waals surface area contributed by atoms with E-state index in [0.29, 0.717) is 0 Å². The minimum absolute atomic E-state index is 0.0975. The van der Waals surface area contributed by atoms with E-state index < -0.39 is 0 Å². The maximum Gasteiger partial charge on any atom is 0.135 e. The smallest absolute Gasteiger partial charge is 0.135 e. The Morgan fingerprint density at radius 1 is 1.33 bits per heavy atom. The van der Waals surface area contributed by atoms with Gasteiger partial charge in [0.25, 0.3) is 0 Å². The SMILES string of the molecule is COc1cc(NC2CC(O)C2(C)C)c(Br)cc1Br. The van der Waals surface area contributed by atoms with Gasteiger partial charge in [-0.3, -0.25) is 0 Å². The molecule has 5 heteroatoms. The number of methoxy groups -OCH3 is 1. The van der Waals surface area contributed by atoms with Crippen molar-refractivity contribution >= 4 is 37.5 Å². The topological polar surface area (TPSA) is 41.5 Å². The van der Waals surface area contributed by atoms with Gasteiger partial charge in [-0.05, 0) is 44.3 Å². The summed E-state index contributed by atoms with van der Waals surface area (Å²) in [5.74, 6) is 0.790. The van der Waals surface area contributed by atoms with Gasteiger partial charge in [0.05, 0.1) is 23.4 Å². The van der Waals surface area contributed by atoms with E-state index in [2.05, 4.69) is 51.0 Å². The second-order valence-electron chi connectivity index (χ2n) is 5.24. The first kappa shape index (κ1) is 14.2. The quantitative estimate of drug-likeness (QED) is 0.840. The van der Waals surface area contributed by atoms with Crippen LogP contribution in [0.1, 0.15) is 20.3 Å². The summed E-state index contributed by atoms with van der Waals surface area (Å²) in [4.78, 5) is 0. The summed E-state index contributed by atoms with van der Waals surface area (Å²) < 4.78 is 7.18. The van der Waals surface area contributed by atoms with E-state index in [-0.39, 0.29) is 17.6 Å². The Balaban J connectivity index is 2.20. The molecule has 0 bridgehead atoms. The molecule has 100 valence electrons. The zero-order chi connectivity index (χ0) is 13.5. The van der Waals surface area contributed by atoms with Crippen LogP contribution in [0, 0.1) is 5.41 Å². The molecule has 3 nitrogen and oxygen atoms in total. The first-order chi connectivity index (χ1) is 8.36. The van der Waals surface area contributed by atoms with Crippen molar-refractivity contribution in [3.63, 3.8) is 0 Å². The predicted molar refractivity (Wildman–Crippen MR) is 80.2 cm³/mol. The van der Waals surface area contributed by atoms with E-state index in [9.17, 15) is 5.11 Å². The van der Waals surface area contributed by atoms with Crippen LogP contribution in [0.2, 0.25) is 0 Å². The molecule has 2 atom stereocenters. The fourth-order valence-corrected chi connectivity index (χ4v) is 3.40. The molecule has 2 unspecified atom stereocenters. The van der Waals surface area contributed by atoms with Gasteiger partial charge in [0.1, 0.15) is 5.75 Å². The molecule has 0 spiro atoms. The van der Waals surface area contributed by atoms with E-state index in [0.717, 1.165) is 26.8 Å². The average Bonchev–Trinajstić information content (AvgIpc) is 2.31. The van der Waals surface area contributed by atoms with Crippen molar-refractivity contribution in [2.24, 2.45) is 5.41 Å². The lowest BCUT2D eigenvalue weighted by Crippen LogP contribution is -2.56.